The minimum absolute atomic E-state index is 0.307. The molecule has 4 rings (SSSR count). The number of alkyl halides is 3. The van der Waals surface area contributed by atoms with Gasteiger partial charge in [0.25, 0.3) is 0 Å². The lowest BCUT2D eigenvalue weighted by Crippen LogP contribution is -2.31. The number of hydrogen-bond acceptors (Lipinski definition) is 6. The highest BCUT2D eigenvalue weighted by molar-refractivity contribution is 7.80. The monoisotopic (exact) mass is 568 g/mol. The van der Waals surface area contributed by atoms with Gasteiger partial charge in [-0.05, 0) is 79.2 Å². The van der Waals surface area contributed by atoms with Crippen molar-refractivity contribution in [1.29, 1.82) is 0 Å². The standard InChI is InChI=1S/C28H27F3N6O2S/c1-4-15-36(27(40)34-25-14-13-24(38-3)16-19(25)2)33-17-20-5-7-21(8-6-20)26-32-18-37(35-26)22-9-11-23(12-10-22)39-28(29,30)31/h5-14,16-18H,4,15H2,1-3H3,(H,34,40)/b33-17+. The summed E-state index contributed by atoms with van der Waals surface area (Å²) in [5, 5.41) is 14.5. The van der Waals surface area contributed by atoms with Gasteiger partial charge in [0.1, 0.15) is 17.8 Å². The maximum absolute atomic E-state index is 12.4. The van der Waals surface area contributed by atoms with Crippen molar-refractivity contribution >= 4 is 29.2 Å². The number of anilines is 1. The Morgan fingerprint density at radius 2 is 1.77 bits per heavy atom. The first-order valence-electron chi connectivity index (χ1n) is 12.3. The molecule has 1 N–H and O–H groups in total. The molecule has 0 fully saturated rings. The minimum atomic E-state index is -4.74. The number of hydrogen-bond donors (Lipinski definition) is 1. The number of ether oxygens (including phenoxy) is 2. The van der Waals surface area contributed by atoms with Gasteiger partial charge < -0.3 is 14.8 Å². The van der Waals surface area contributed by atoms with E-state index >= 15 is 0 Å². The van der Waals surface area contributed by atoms with Gasteiger partial charge in [0.15, 0.2) is 10.9 Å². The number of aryl methyl sites for hydroxylation is 1. The molecule has 0 aliphatic heterocycles. The van der Waals surface area contributed by atoms with E-state index in [0.717, 1.165) is 34.5 Å². The van der Waals surface area contributed by atoms with E-state index < -0.39 is 6.36 Å². The number of benzene rings is 3. The summed E-state index contributed by atoms with van der Waals surface area (Å²) in [6.07, 6.45) is -0.672. The maximum atomic E-state index is 12.4. The van der Waals surface area contributed by atoms with E-state index in [-0.39, 0.29) is 5.75 Å². The van der Waals surface area contributed by atoms with Crippen molar-refractivity contribution < 1.29 is 22.6 Å². The molecule has 0 unspecified atom stereocenters. The smallest absolute Gasteiger partial charge is 0.497 e. The Balaban J connectivity index is 1.41. The summed E-state index contributed by atoms with van der Waals surface area (Å²) in [5.41, 5.74) is 4.05. The summed E-state index contributed by atoms with van der Waals surface area (Å²) in [5.74, 6) is 0.933. The first kappa shape index (κ1) is 28.6. The number of nitrogens with one attached hydrogen (secondary N) is 1. The summed E-state index contributed by atoms with van der Waals surface area (Å²) in [6.45, 7) is 4.67. The molecule has 8 nitrogen and oxygen atoms in total. The fraction of sp³-hybridized carbons (Fsp3) is 0.214. The van der Waals surface area contributed by atoms with Gasteiger partial charge in [-0.25, -0.2) is 14.7 Å². The van der Waals surface area contributed by atoms with Gasteiger partial charge in [0, 0.05) is 17.8 Å². The van der Waals surface area contributed by atoms with E-state index in [9.17, 15) is 13.2 Å². The van der Waals surface area contributed by atoms with Gasteiger partial charge in [0.2, 0.25) is 0 Å². The Bertz CT molecular complexity index is 1470. The van der Waals surface area contributed by atoms with E-state index in [0.29, 0.717) is 23.2 Å². The fourth-order valence-electron chi connectivity index (χ4n) is 3.68. The molecule has 0 amide bonds. The SMILES string of the molecule is CCCN(/N=C/c1ccc(-c2ncn(-c3ccc(OC(F)(F)F)cc3)n2)cc1)C(=S)Nc1ccc(OC)cc1C. The third-order valence-electron chi connectivity index (χ3n) is 5.69. The van der Waals surface area contributed by atoms with Crippen molar-refractivity contribution in [3.8, 4) is 28.6 Å². The van der Waals surface area contributed by atoms with Crippen LogP contribution in [0.5, 0.6) is 11.5 Å². The Kier molecular flexibility index (Phi) is 9.00. The van der Waals surface area contributed by atoms with Gasteiger partial charge in [-0.15, -0.1) is 18.3 Å². The van der Waals surface area contributed by atoms with Crippen molar-refractivity contribution in [2.24, 2.45) is 5.10 Å². The second-order valence-electron chi connectivity index (χ2n) is 8.66. The second-order valence-corrected chi connectivity index (χ2v) is 9.04. The molecule has 0 atom stereocenters. The van der Waals surface area contributed by atoms with Crippen LogP contribution in [-0.2, 0) is 0 Å². The van der Waals surface area contributed by atoms with Crippen LogP contribution >= 0.6 is 12.2 Å². The molecule has 1 heterocycles. The van der Waals surface area contributed by atoms with Crippen LogP contribution in [0.15, 0.2) is 78.2 Å². The lowest BCUT2D eigenvalue weighted by molar-refractivity contribution is -0.274. The average molecular weight is 569 g/mol. The van der Waals surface area contributed by atoms with Gasteiger partial charge in [-0.3, -0.25) is 0 Å². The van der Waals surface area contributed by atoms with Gasteiger partial charge in [-0.1, -0.05) is 31.2 Å². The van der Waals surface area contributed by atoms with E-state index in [1.165, 1.54) is 35.3 Å². The van der Waals surface area contributed by atoms with E-state index in [4.69, 9.17) is 17.0 Å². The van der Waals surface area contributed by atoms with Crippen LogP contribution in [0, 0.1) is 6.92 Å². The highest BCUT2D eigenvalue weighted by Crippen LogP contribution is 2.24. The lowest BCUT2D eigenvalue weighted by atomic mass is 10.1. The van der Waals surface area contributed by atoms with Gasteiger partial charge in [0.05, 0.1) is 19.0 Å². The van der Waals surface area contributed by atoms with E-state index in [1.807, 2.05) is 49.4 Å². The summed E-state index contributed by atoms with van der Waals surface area (Å²) in [4.78, 5) is 4.32. The minimum Gasteiger partial charge on any atom is -0.497 e. The van der Waals surface area contributed by atoms with E-state index in [1.54, 1.807) is 18.3 Å². The molecule has 0 saturated heterocycles. The largest absolute Gasteiger partial charge is 0.573 e. The van der Waals surface area contributed by atoms with E-state index in [2.05, 4.69) is 32.2 Å². The van der Waals surface area contributed by atoms with Crippen molar-refractivity contribution in [3.63, 3.8) is 0 Å². The van der Waals surface area contributed by atoms with Crippen molar-refractivity contribution in [2.45, 2.75) is 26.6 Å². The van der Waals surface area contributed by atoms with Crippen molar-refractivity contribution in [1.82, 2.24) is 19.8 Å². The molecular formula is C28H27F3N6O2S. The molecule has 0 aliphatic carbocycles. The quantitative estimate of drug-likeness (QED) is 0.139. The molecule has 0 spiro atoms. The summed E-state index contributed by atoms with van der Waals surface area (Å²) in [7, 11) is 1.63. The van der Waals surface area contributed by atoms with Crippen LogP contribution in [0.1, 0.15) is 24.5 Å². The van der Waals surface area contributed by atoms with Gasteiger partial charge in [-0.2, -0.15) is 5.10 Å². The third kappa shape index (κ3) is 7.56. The predicted octanol–water partition coefficient (Wildman–Crippen LogP) is 6.59. The highest BCUT2D eigenvalue weighted by Gasteiger charge is 2.31. The number of methoxy groups -OCH3 is 1. The Labute approximate surface area is 235 Å². The topological polar surface area (TPSA) is 76.8 Å². The summed E-state index contributed by atoms with van der Waals surface area (Å²) >= 11 is 5.61. The average Bonchev–Trinajstić information content (AvgIpc) is 3.42. The normalized spacial score (nSPS) is 11.4. The first-order valence-corrected chi connectivity index (χ1v) is 12.7. The molecule has 0 aliphatic rings. The van der Waals surface area contributed by atoms with Crippen molar-refractivity contribution in [2.75, 3.05) is 19.0 Å². The second kappa shape index (κ2) is 12.6. The first-order chi connectivity index (χ1) is 19.1. The zero-order chi connectivity index (χ0) is 28.7. The zero-order valence-electron chi connectivity index (χ0n) is 22.0. The Morgan fingerprint density at radius 1 is 1.07 bits per heavy atom. The summed E-state index contributed by atoms with van der Waals surface area (Å²) in [6, 6.07) is 18.6. The molecule has 0 saturated carbocycles. The van der Waals surface area contributed by atoms with Crippen LogP contribution in [0.2, 0.25) is 0 Å². The molecule has 1 aromatic heterocycles. The maximum Gasteiger partial charge on any atom is 0.573 e. The molecule has 0 bridgehead atoms. The molecule has 40 heavy (non-hydrogen) atoms. The number of halogens is 3. The molecular weight excluding hydrogens is 541 g/mol. The number of rotatable bonds is 9. The molecule has 208 valence electrons. The van der Waals surface area contributed by atoms with Crippen LogP contribution < -0.4 is 14.8 Å². The van der Waals surface area contributed by atoms with Crippen LogP contribution in [0.3, 0.4) is 0 Å². The molecule has 12 heteroatoms. The number of thiocarbonyl (C=S) groups is 1. The van der Waals surface area contributed by atoms with Gasteiger partial charge >= 0.3 is 6.36 Å². The zero-order valence-corrected chi connectivity index (χ0v) is 22.8. The fourth-order valence-corrected chi connectivity index (χ4v) is 3.93. The molecule has 0 radical (unpaired) electrons. The van der Waals surface area contributed by atoms with Crippen LogP contribution in [-0.4, -0.2) is 51.1 Å². The lowest BCUT2D eigenvalue weighted by Gasteiger charge is -2.21. The number of hydrazone groups is 1. The number of nitrogens with zero attached hydrogens (tertiary/aromatic N) is 5. The van der Waals surface area contributed by atoms with Crippen LogP contribution in [0.4, 0.5) is 18.9 Å². The Morgan fingerprint density at radius 3 is 2.40 bits per heavy atom. The molecule has 3 aromatic carbocycles. The van der Waals surface area contributed by atoms with Crippen molar-refractivity contribution in [3.05, 3.63) is 84.2 Å². The summed E-state index contributed by atoms with van der Waals surface area (Å²) < 4.78 is 47.8. The third-order valence-corrected chi connectivity index (χ3v) is 6.00. The highest BCUT2D eigenvalue weighted by atomic mass is 32.1. The number of aromatic nitrogens is 3. The predicted molar refractivity (Wildman–Crippen MR) is 152 cm³/mol. The van der Waals surface area contributed by atoms with Crippen LogP contribution in [0.25, 0.3) is 17.1 Å². The molecule has 4 aromatic rings. The Hall–Kier alpha value is -4.45.